The Balaban J connectivity index is 1.60. The number of imidazole rings is 1. The number of aryl methyl sites for hydroxylation is 4. The number of hydrogen-bond donors (Lipinski definition) is 1. The van der Waals surface area contributed by atoms with E-state index in [1.165, 1.54) is 11.5 Å². The lowest BCUT2D eigenvalue weighted by atomic mass is 10.1. The summed E-state index contributed by atoms with van der Waals surface area (Å²) in [6.45, 7) is 5.59. The van der Waals surface area contributed by atoms with E-state index in [0.29, 0.717) is 5.69 Å². The van der Waals surface area contributed by atoms with Crippen molar-refractivity contribution in [3.05, 3.63) is 64.1 Å². The van der Waals surface area contributed by atoms with Crippen molar-refractivity contribution in [2.45, 2.75) is 39.8 Å². The third kappa shape index (κ3) is 4.39. The molecule has 1 unspecified atom stereocenters. The standard InChI is InChI=1S/C22H25N3O4/c1-14-9-10-17(15(2)13-14)23-21(27)16(3)29-20(26)11-12-25-19-8-6-5-7-18(19)24(4)22(25)28/h5-10,13,16H,11-12H2,1-4H3,(H,23,27). The zero-order chi connectivity index (χ0) is 21.1. The second kappa shape index (κ2) is 8.34. The first-order valence-corrected chi connectivity index (χ1v) is 9.50. The highest BCUT2D eigenvalue weighted by Crippen LogP contribution is 2.17. The first-order valence-electron chi connectivity index (χ1n) is 9.50. The van der Waals surface area contributed by atoms with Gasteiger partial charge in [0.1, 0.15) is 0 Å². The van der Waals surface area contributed by atoms with Crippen LogP contribution >= 0.6 is 0 Å². The van der Waals surface area contributed by atoms with Gasteiger partial charge in [0.05, 0.1) is 17.5 Å². The number of para-hydroxylation sites is 2. The Bertz CT molecular complexity index is 1130. The molecule has 0 spiro atoms. The highest BCUT2D eigenvalue weighted by atomic mass is 16.5. The maximum absolute atomic E-state index is 12.4. The molecular formula is C22H25N3O4. The number of rotatable bonds is 6. The summed E-state index contributed by atoms with van der Waals surface area (Å²) >= 11 is 0. The first-order chi connectivity index (χ1) is 13.8. The van der Waals surface area contributed by atoms with Gasteiger partial charge in [-0.3, -0.25) is 18.7 Å². The van der Waals surface area contributed by atoms with Crippen LogP contribution in [0, 0.1) is 13.8 Å². The summed E-state index contributed by atoms with van der Waals surface area (Å²) in [5, 5.41) is 2.78. The number of carbonyl (C=O) groups is 2. The molecule has 3 aromatic rings. The van der Waals surface area contributed by atoms with Gasteiger partial charge in [0, 0.05) is 19.3 Å². The van der Waals surface area contributed by atoms with Gasteiger partial charge in [0.2, 0.25) is 0 Å². The molecule has 1 heterocycles. The first kappa shape index (κ1) is 20.4. The number of aromatic nitrogens is 2. The molecule has 0 radical (unpaired) electrons. The van der Waals surface area contributed by atoms with Crippen LogP contribution in [0.25, 0.3) is 11.0 Å². The van der Waals surface area contributed by atoms with Gasteiger partial charge in [-0.25, -0.2) is 4.79 Å². The predicted molar refractivity (Wildman–Crippen MR) is 112 cm³/mol. The Morgan fingerprint density at radius 2 is 1.79 bits per heavy atom. The fraction of sp³-hybridized carbons (Fsp3) is 0.318. The zero-order valence-electron chi connectivity index (χ0n) is 17.1. The summed E-state index contributed by atoms with van der Waals surface area (Å²) in [6.07, 6.45) is -0.942. The van der Waals surface area contributed by atoms with Crippen LogP contribution < -0.4 is 11.0 Å². The van der Waals surface area contributed by atoms with Crippen LogP contribution in [0.5, 0.6) is 0 Å². The van der Waals surface area contributed by atoms with E-state index in [1.54, 1.807) is 11.6 Å². The molecule has 0 saturated carbocycles. The van der Waals surface area contributed by atoms with E-state index in [-0.39, 0.29) is 18.7 Å². The van der Waals surface area contributed by atoms with Crippen molar-refractivity contribution in [1.29, 1.82) is 0 Å². The summed E-state index contributed by atoms with van der Waals surface area (Å²) in [5.41, 5.74) is 4.09. The Morgan fingerprint density at radius 3 is 2.48 bits per heavy atom. The molecule has 0 aliphatic carbocycles. The van der Waals surface area contributed by atoms with Crippen molar-refractivity contribution < 1.29 is 14.3 Å². The van der Waals surface area contributed by atoms with E-state index in [4.69, 9.17) is 4.74 Å². The minimum absolute atomic E-state index is 0.00487. The maximum atomic E-state index is 12.4. The molecule has 0 saturated heterocycles. The number of carbonyl (C=O) groups excluding carboxylic acids is 2. The van der Waals surface area contributed by atoms with Crippen molar-refractivity contribution in [2.24, 2.45) is 7.05 Å². The van der Waals surface area contributed by atoms with Gasteiger partial charge in [0.15, 0.2) is 6.10 Å². The van der Waals surface area contributed by atoms with E-state index < -0.39 is 18.0 Å². The fourth-order valence-electron chi connectivity index (χ4n) is 3.28. The molecule has 1 aromatic heterocycles. The van der Waals surface area contributed by atoms with Crippen LogP contribution in [0.1, 0.15) is 24.5 Å². The Kier molecular flexibility index (Phi) is 5.87. The number of amides is 1. The number of nitrogens with zero attached hydrogens (tertiary/aromatic N) is 2. The quantitative estimate of drug-likeness (QED) is 0.651. The van der Waals surface area contributed by atoms with Crippen molar-refractivity contribution in [1.82, 2.24) is 9.13 Å². The van der Waals surface area contributed by atoms with Gasteiger partial charge in [-0.1, -0.05) is 29.8 Å². The summed E-state index contributed by atoms with van der Waals surface area (Å²) in [6, 6.07) is 13.1. The maximum Gasteiger partial charge on any atom is 0.328 e. The fourth-order valence-corrected chi connectivity index (χ4v) is 3.28. The second-order valence-electron chi connectivity index (χ2n) is 7.17. The number of fused-ring (bicyclic) bond motifs is 1. The minimum Gasteiger partial charge on any atom is -0.452 e. The average Bonchev–Trinajstić information content (AvgIpc) is 2.93. The van der Waals surface area contributed by atoms with Crippen LogP contribution in [0.2, 0.25) is 0 Å². The van der Waals surface area contributed by atoms with Gasteiger partial charge in [-0.15, -0.1) is 0 Å². The lowest BCUT2D eigenvalue weighted by Gasteiger charge is -2.15. The van der Waals surface area contributed by atoms with Crippen LogP contribution in [0.3, 0.4) is 0 Å². The Hall–Kier alpha value is -3.35. The summed E-state index contributed by atoms with van der Waals surface area (Å²) in [4.78, 5) is 37.0. The van der Waals surface area contributed by atoms with Crippen LogP contribution in [0.4, 0.5) is 5.69 Å². The molecule has 152 valence electrons. The predicted octanol–water partition coefficient (Wildman–Crippen LogP) is 2.92. The van der Waals surface area contributed by atoms with Crippen molar-refractivity contribution in [3.8, 4) is 0 Å². The zero-order valence-corrected chi connectivity index (χ0v) is 17.1. The minimum atomic E-state index is -0.938. The molecule has 3 rings (SSSR count). The van der Waals surface area contributed by atoms with E-state index >= 15 is 0 Å². The Morgan fingerprint density at radius 1 is 1.10 bits per heavy atom. The van der Waals surface area contributed by atoms with Crippen LogP contribution in [-0.2, 0) is 27.9 Å². The molecule has 0 aliphatic heterocycles. The van der Waals surface area contributed by atoms with Crippen molar-refractivity contribution in [2.75, 3.05) is 5.32 Å². The second-order valence-corrected chi connectivity index (χ2v) is 7.17. The van der Waals surface area contributed by atoms with Gasteiger partial charge in [-0.05, 0) is 44.5 Å². The number of ether oxygens (including phenoxy) is 1. The van der Waals surface area contributed by atoms with E-state index in [9.17, 15) is 14.4 Å². The monoisotopic (exact) mass is 395 g/mol. The van der Waals surface area contributed by atoms with Crippen LogP contribution in [0.15, 0.2) is 47.3 Å². The van der Waals surface area contributed by atoms with E-state index in [1.807, 2.05) is 56.3 Å². The highest BCUT2D eigenvalue weighted by Gasteiger charge is 2.19. The third-order valence-electron chi connectivity index (χ3n) is 4.91. The number of benzene rings is 2. The van der Waals surface area contributed by atoms with Crippen LogP contribution in [-0.4, -0.2) is 27.1 Å². The molecule has 7 heteroatoms. The largest absolute Gasteiger partial charge is 0.452 e. The summed E-state index contributed by atoms with van der Waals surface area (Å²) in [5.74, 6) is -0.930. The SMILES string of the molecule is Cc1ccc(NC(=O)C(C)OC(=O)CCn2c(=O)n(C)c3ccccc32)c(C)c1. The molecule has 7 nitrogen and oxygen atoms in total. The smallest absolute Gasteiger partial charge is 0.328 e. The number of anilines is 1. The molecule has 1 atom stereocenters. The molecule has 0 bridgehead atoms. The number of nitrogens with one attached hydrogen (secondary N) is 1. The van der Waals surface area contributed by atoms with Crippen molar-refractivity contribution in [3.63, 3.8) is 0 Å². The van der Waals surface area contributed by atoms with Gasteiger partial charge >= 0.3 is 11.7 Å². The third-order valence-corrected chi connectivity index (χ3v) is 4.91. The molecule has 2 aromatic carbocycles. The average molecular weight is 395 g/mol. The molecule has 0 fully saturated rings. The van der Waals surface area contributed by atoms with Gasteiger partial charge < -0.3 is 10.1 Å². The number of hydrogen-bond acceptors (Lipinski definition) is 4. The topological polar surface area (TPSA) is 82.3 Å². The van der Waals surface area contributed by atoms with Gasteiger partial charge in [0.25, 0.3) is 5.91 Å². The molecule has 1 amide bonds. The molecular weight excluding hydrogens is 370 g/mol. The van der Waals surface area contributed by atoms with E-state index in [2.05, 4.69) is 5.32 Å². The summed E-state index contributed by atoms with van der Waals surface area (Å²) in [7, 11) is 1.69. The summed E-state index contributed by atoms with van der Waals surface area (Å²) < 4.78 is 8.34. The lowest BCUT2D eigenvalue weighted by Crippen LogP contribution is -2.31. The van der Waals surface area contributed by atoms with E-state index in [0.717, 1.165) is 22.2 Å². The molecule has 0 aliphatic rings. The lowest BCUT2D eigenvalue weighted by molar-refractivity contribution is -0.153. The molecule has 29 heavy (non-hydrogen) atoms. The number of esters is 1. The van der Waals surface area contributed by atoms with Crippen molar-refractivity contribution >= 4 is 28.6 Å². The van der Waals surface area contributed by atoms with Gasteiger partial charge in [-0.2, -0.15) is 0 Å². The normalized spacial score (nSPS) is 12.0. The Labute approximate surface area is 168 Å². The highest BCUT2D eigenvalue weighted by molar-refractivity contribution is 5.95. The molecule has 1 N–H and O–H groups in total.